The lowest BCUT2D eigenvalue weighted by atomic mass is 9.64. The molecule has 5 aliphatic rings. The van der Waals surface area contributed by atoms with Crippen molar-refractivity contribution in [3.8, 4) is 0 Å². The highest BCUT2D eigenvalue weighted by Gasteiger charge is 2.51. The van der Waals surface area contributed by atoms with Crippen LogP contribution in [-0.4, -0.2) is 76.6 Å². The van der Waals surface area contributed by atoms with E-state index in [0.29, 0.717) is 29.8 Å². The van der Waals surface area contributed by atoms with Gasteiger partial charge in [-0.05, 0) is 82.2 Å². The highest BCUT2D eigenvalue weighted by Crippen LogP contribution is 2.51. The minimum Gasteiger partial charge on any atom is -0.465 e. The Balaban J connectivity index is 1.10. The summed E-state index contributed by atoms with van der Waals surface area (Å²) in [4.78, 5) is 30.5. The molecule has 3 heterocycles. The summed E-state index contributed by atoms with van der Waals surface area (Å²) in [6.45, 7) is 4.78. The van der Waals surface area contributed by atoms with Gasteiger partial charge in [0.05, 0.1) is 0 Å². The van der Waals surface area contributed by atoms with Crippen molar-refractivity contribution in [3.63, 3.8) is 0 Å². The van der Waals surface area contributed by atoms with Crippen molar-refractivity contribution in [1.82, 2.24) is 14.7 Å². The van der Waals surface area contributed by atoms with Crippen LogP contribution in [0, 0.1) is 17.3 Å². The molecule has 6 nitrogen and oxygen atoms in total. The molecule has 1 N–H and O–H groups in total. The lowest BCUT2D eigenvalue weighted by Crippen LogP contribution is -2.55. The van der Waals surface area contributed by atoms with Gasteiger partial charge in [0.15, 0.2) is 0 Å². The third-order valence-electron chi connectivity index (χ3n) is 8.72. The monoisotopic (exact) mass is 389 g/mol. The zero-order valence-corrected chi connectivity index (χ0v) is 17.0. The first-order valence-electron chi connectivity index (χ1n) is 11.6. The van der Waals surface area contributed by atoms with E-state index in [1.54, 1.807) is 4.90 Å². The van der Waals surface area contributed by atoms with E-state index in [1.807, 2.05) is 0 Å². The number of carboxylic acid groups (broad SMARTS) is 1. The molecule has 1 atom stereocenters. The SMILES string of the molecule is O=C(O)N1CCC2(CC(N3CCC([C@@H]4CCCN4C(=O)C4CCC4)CC3)C2)C1. The minimum absolute atomic E-state index is 0.275. The maximum atomic E-state index is 12.8. The van der Waals surface area contributed by atoms with E-state index in [-0.39, 0.29) is 5.41 Å². The van der Waals surface area contributed by atoms with E-state index in [9.17, 15) is 14.7 Å². The van der Waals surface area contributed by atoms with E-state index in [4.69, 9.17) is 0 Å². The molecule has 5 fully saturated rings. The first-order valence-corrected chi connectivity index (χ1v) is 11.6. The lowest BCUT2D eigenvalue weighted by molar-refractivity contribution is -0.140. The lowest BCUT2D eigenvalue weighted by Gasteiger charge is -2.52. The number of carbonyl (C=O) groups excluding carboxylic acids is 1. The van der Waals surface area contributed by atoms with Crippen LogP contribution in [0.1, 0.15) is 64.2 Å². The van der Waals surface area contributed by atoms with Crippen molar-refractivity contribution in [1.29, 1.82) is 0 Å². The van der Waals surface area contributed by atoms with Crippen LogP contribution in [0.5, 0.6) is 0 Å². The van der Waals surface area contributed by atoms with Gasteiger partial charge in [-0.2, -0.15) is 0 Å². The minimum atomic E-state index is -0.751. The molecule has 0 aromatic rings. The molecule has 5 rings (SSSR count). The normalized spacial score (nSPS) is 37.3. The van der Waals surface area contributed by atoms with Crippen molar-refractivity contribution in [2.24, 2.45) is 17.3 Å². The Bertz CT molecular complexity index is 621. The van der Waals surface area contributed by atoms with Crippen molar-refractivity contribution in [3.05, 3.63) is 0 Å². The average molecular weight is 390 g/mol. The number of likely N-dealkylation sites (tertiary alicyclic amines) is 3. The van der Waals surface area contributed by atoms with Gasteiger partial charge >= 0.3 is 6.09 Å². The quantitative estimate of drug-likeness (QED) is 0.806. The first-order chi connectivity index (χ1) is 13.5. The number of nitrogens with zero attached hydrogens (tertiary/aromatic N) is 3. The van der Waals surface area contributed by atoms with Gasteiger partial charge in [0.2, 0.25) is 5.91 Å². The predicted octanol–water partition coefficient (Wildman–Crippen LogP) is 3.02. The highest BCUT2D eigenvalue weighted by atomic mass is 16.4. The summed E-state index contributed by atoms with van der Waals surface area (Å²) >= 11 is 0. The molecule has 1 spiro atoms. The molecule has 2 amide bonds. The topological polar surface area (TPSA) is 64.1 Å². The van der Waals surface area contributed by atoms with E-state index in [0.717, 1.165) is 52.0 Å². The number of carbonyl (C=O) groups is 2. The second-order valence-electron chi connectivity index (χ2n) is 10.3. The Morgan fingerprint density at radius 1 is 0.893 bits per heavy atom. The van der Waals surface area contributed by atoms with Crippen LogP contribution in [0.2, 0.25) is 0 Å². The number of rotatable bonds is 3. The van der Waals surface area contributed by atoms with Gasteiger partial charge in [-0.25, -0.2) is 4.79 Å². The molecular weight excluding hydrogens is 354 g/mol. The molecule has 0 bridgehead atoms. The number of hydrogen-bond donors (Lipinski definition) is 1. The fourth-order valence-corrected chi connectivity index (χ4v) is 6.75. The predicted molar refractivity (Wildman–Crippen MR) is 106 cm³/mol. The van der Waals surface area contributed by atoms with Crippen molar-refractivity contribution in [2.45, 2.75) is 76.3 Å². The van der Waals surface area contributed by atoms with E-state index in [1.165, 1.54) is 44.9 Å². The summed E-state index contributed by atoms with van der Waals surface area (Å²) < 4.78 is 0. The van der Waals surface area contributed by atoms with Crippen LogP contribution in [-0.2, 0) is 4.79 Å². The molecule has 2 aliphatic carbocycles. The maximum absolute atomic E-state index is 12.8. The standard InChI is InChI=1S/C22H35N3O3/c26-20(17-3-1-4-17)25-9-2-5-19(25)16-6-10-23(11-7-16)18-13-22(14-18)8-12-24(15-22)21(27)28/h16-19H,1-15H2,(H,27,28)/t18?,19-,22?/m0/s1. The van der Waals surface area contributed by atoms with E-state index < -0.39 is 6.09 Å². The van der Waals surface area contributed by atoms with Crippen LogP contribution in [0.4, 0.5) is 4.79 Å². The fraction of sp³-hybridized carbons (Fsp3) is 0.909. The molecule has 0 aromatic carbocycles. The third-order valence-corrected chi connectivity index (χ3v) is 8.72. The number of piperidine rings is 1. The zero-order valence-electron chi connectivity index (χ0n) is 17.0. The Labute approximate surface area is 168 Å². The molecule has 3 saturated heterocycles. The second kappa shape index (κ2) is 7.19. The third kappa shape index (κ3) is 3.21. The smallest absolute Gasteiger partial charge is 0.407 e. The molecule has 3 aliphatic heterocycles. The molecule has 156 valence electrons. The summed E-state index contributed by atoms with van der Waals surface area (Å²) in [5.74, 6) is 1.48. The van der Waals surface area contributed by atoms with Crippen LogP contribution in [0.15, 0.2) is 0 Å². The van der Waals surface area contributed by atoms with Crippen molar-refractivity contribution < 1.29 is 14.7 Å². The Morgan fingerprint density at radius 3 is 2.25 bits per heavy atom. The average Bonchev–Trinajstić information content (AvgIpc) is 3.26. The largest absolute Gasteiger partial charge is 0.465 e. The zero-order chi connectivity index (χ0) is 19.3. The van der Waals surface area contributed by atoms with Crippen molar-refractivity contribution >= 4 is 12.0 Å². The van der Waals surface area contributed by atoms with Gasteiger partial charge in [-0.15, -0.1) is 0 Å². The Morgan fingerprint density at radius 2 is 1.64 bits per heavy atom. The summed E-state index contributed by atoms with van der Waals surface area (Å²) in [6.07, 6.45) is 11.0. The van der Waals surface area contributed by atoms with E-state index in [2.05, 4.69) is 9.80 Å². The van der Waals surface area contributed by atoms with Gasteiger partial charge in [-0.1, -0.05) is 6.42 Å². The van der Waals surface area contributed by atoms with Gasteiger partial charge in [0.25, 0.3) is 0 Å². The van der Waals surface area contributed by atoms with Crippen LogP contribution in [0.3, 0.4) is 0 Å². The van der Waals surface area contributed by atoms with Gasteiger partial charge in [-0.3, -0.25) is 4.79 Å². The first kappa shape index (κ1) is 18.7. The van der Waals surface area contributed by atoms with Crippen LogP contribution in [0.25, 0.3) is 0 Å². The number of amides is 2. The maximum Gasteiger partial charge on any atom is 0.407 e. The Hall–Kier alpha value is -1.30. The second-order valence-corrected chi connectivity index (χ2v) is 10.3. The van der Waals surface area contributed by atoms with Gasteiger partial charge < -0.3 is 19.8 Å². The molecule has 0 aromatic heterocycles. The number of hydrogen-bond acceptors (Lipinski definition) is 3. The van der Waals surface area contributed by atoms with Crippen LogP contribution < -0.4 is 0 Å². The van der Waals surface area contributed by atoms with Gasteiger partial charge in [0.1, 0.15) is 0 Å². The molecule has 6 heteroatoms. The summed E-state index contributed by atoms with van der Waals surface area (Å²) in [5, 5.41) is 9.21. The summed E-state index contributed by atoms with van der Waals surface area (Å²) in [6, 6.07) is 1.16. The van der Waals surface area contributed by atoms with Gasteiger partial charge in [0, 0.05) is 37.6 Å². The van der Waals surface area contributed by atoms with Crippen molar-refractivity contribution in [2.75, 3.05) is 32.7 Å². The summed E-state index contributed by atoms with van der Waals surface area (Å²) in [7, 11) is 0. The molecular formula is C22H35N3O3. The summed E-state index contributed by atoms with van der Waals surface area (Å²) in [5.41, 5.74) is 0.275. The highest BCUT2D eigenvalue weighted by molar-refractivity contribution is 5.80. The molecule has 28 heavy (non-hydrogen) atoms. The Kier molecular flexibility index (Phi) is 4.80. The molecule has 0 unspecified atom stereocenters. The molecule has 2 saturated carbocycles. The van der Waals surface area contributed by atoms with Crippen LogP contribution >= 0.6 is 0 Å². The van der Waals surface area contributed by atoms with E-state index >= 15 is 0 Å². The fourth-order valence-electron chi connectivity index (χ4n) is 6.75. The molecule has 0 radical (unpaired) electrons.